The lowest BCUT2D eigenvalue weighted by Gasteiger charge is -2.25. The molecule has 0 fully saturated rings. The maximum absolute atomic E-state index is 12.2. The zero-order valence-corrected chi connectivity index (χ0v) is 13.9. The van der Waals surface area contributed by atoms with E-state index in [0.29, 0.717) is 0 Å². The number of esters is 1. The van der Waals surface area contributed by atoms with Gasteiger partial charge in [0.25, 0.3) is 0 Å². The summed E-state index contributed by atoms with van der Waals surface area (Å²) in [5.41, 5.74) is 5.79. The summed E-state index contributed by atoms with van der Waals surface area (Å²) in [6, 6.07) is 5.98. The van der Waals surface area contributed by atoms with Gasteiger partial charge in [0, 0.05) is 4.47 Å². The van der Waals surface area contributed by atoms with Gasteiger partial charge in [0.05, 0.1) is 5.92 Å². The largest absolute Gasteiger partial charge is 0.480 e. The van der Waals surface area contributed by atoms with Gasteiger partial charge in [0.15, 0.2) is 0 Å². The number of carbonyl (C=O) groups excluding carboxylic acids is 1. The van der Waals surface area contributed by atoms with E-state index >= 15 is 0 Å². The summed E-state index contributed by atoms with van der Waals surface area (Å²) in [7, 11) is 0. The number of aliphatic carboxylic acids is 1. The van der Waals surface area contributed by atoms with Crippen molar-refractivity contribution in [3.05, 3.63) is 34.3 Å². The zero-order chi connectivity index (χ0) is 16.2. The number of carbonyl (C=O) groups is 2. The molecule has 0 radical (unpaired) electrons. The van der Waals surface area contributed by atoms with Crippen LogP contribution in [0.5, 0.6) is 0 Å². The van der Waals surface area contributed by atoms with E-state index in [4.69, 9.17) is 15.6 Å². The molecular weight excluding hydrogens is 338 g/mol. The fraction of sp³-hybridized carbons (Fsp3) is 0.467. The van der Waals surface area contributed by atoms with Crippen LogP contribution in [0.4, 0.5) is 0 Å². The molecule has 0 saturated heterocycles. The van der Waals surface area contributed by atoms with E-state index in [1.54, 1.807) is 20.8 Å². The van der Waals surface area contributed by atoms with Crippen LogP contribution >= 0.6 is 15.9 Å². The Morgan fingerprint density at radius 1 is 1.29 bits per heavy atom. The van der Waals surface area contributed by atoms with Gasteiger partial charge in [0.1, 0.15) is 11.6 Å². The molecule has 0 aliphatic rings. The van der Waals surface area contributed by atoms with Gasteiger partial charge in [-0.2, -0.15) is 0 Å². The molecule has 0 aliphatic carbocycles. The SMILES string of the molecule is CC(C)(C)OC(=O)C(Cc1ccc(Br)cc1)[C@@H](N)C(=O)O. The molecule has 0 aliphatic heterocycles. The highest BCUT2D eigenvalue weighted by Gasteiger charge is 2.34. The van der Waals surface area contributed by atoms with E-state index in [2.05, 4.69) is 15.9 Å². The van der Waals surface area contributed by atoms with Gasteiger partial charge in [-0.1, -0.05) is 28.1 Å². The average Bonchev–Trinajstić information content (AvgIpc) is 2.35. The normalized spacial score (nSPS) is 14.3. The Bertz CT molecular complexity index is 507. The first-order valence-electron chi connectivity index (χ1n) is 6.56. The second kappa shape index (κ2) is 7.04. The lowest BCUT2D eigenvalue weighted by molar-refractivity contribution is -0.163. The summed E-state index contributed by atoms with van der Waals surface area (Å²) >= 11 is 3.32. The van der Waals surface area contributed by atoms with Crippen LogP contribution in [0.15, 0.2) is 28.7 Å². The predicted molar refractivity (Wildman–Crippen MR) is 82.8 cm³/mol. The average molecular weight is 358 g/mol. The molecule has 0 bridgehead atoms. The first-order chi connectivity index (χ1) is 9.60. The minimum Gasteiger partial charge on any atom is -0.480 e. The minimum atomic E-state index is -1.30. The summed E-state index contributed by atoms with van der Waals surface area (Å²) in [6.07, 6.45) is 0.218. The Kier molecular flexibility index (Phi) is 5.92. The molecule has 21 heavy (non-hydrogen) atoms. The number of nitrogens with two attached hydrogens (primary N) is 1. The molecule has 0 amide bonds. The molecular formula is C15H20BrNO4. The quantitative estimate of drug-likeness (QED) is 0.789. The van der Waals surface area contributed by atoms with Gasteiger partial charge in [-0.25, -0.2) is 0 Å². The minimum absolute atomic E-state index is 0.218. The summed E-state index contributed by atoms with van der Waals surface area (Å²) in [5.74, 6) is -2.74. The number of hydrogen-bond donors (Lipinski definition) is 2. The lowest BCUT2D eigenvalue weighted by Crippen LogP contribution is -2.45. The molecule has 0 aromatic heterocycles. The van der Waals surface area contributed by atoms with Crippen LogP contribution in [0.3, 0.4) is 0 Å². The third-order valence-electron chi connectivity index (χ3n) is 2.80. The summed E-state index contributed by atoms with van der Waals surface area (Å²) in [6.45, 7) is 5.19. The molecule has 1 unspecified atom stereocenters. The van der Waals surface area contributed by atoms with E-state index in [9.17, 15) is 9.59 Å². The van der Waals surface area contributed by atoms with Gasteiger partial charge in [-0.15, -0.1) is 0 Å². The van der Waals surface area contributed by atoms with E-state index in [1.807, 2.05) is 24.3 Å². The fourth-order valence-electron chi connectivity index (χ4n) is 1.78. The molecule has 5 nitrogen and oxygen atoms in total. The van der Waals surface area contributed by atoms with E-state index in [0.717, 1.165) is 10.0 Å². The smallest absolute Gasteiger partial charge is 0.321 e. The van der Waals surface area contributed by atoms with Crippen LogP contribution in [0, 0.1) is 5.92 Å². The molecule has 0 spiro atoms. The van der Waals surface area contributed by atoms with Crippen LogP contribution in [0.2, 0.25) is 0 Å². The molecule has 1 aromatic rings. The third-order valence-corrected chi connectivity index (χ3v) is 3.33. The molecule has 0 heterocycles. The predicted octanol–water partition coefficient (Wildman–Crippen LogP) is 2.36. The van der Waals surface area contributed by atoms with Crippen molar-refractivity contribution in [2.24, 2.45) is 11.7 Å². The van der Waals surface area contributed by atoms with Gasteiger partial charge < -0.3 is 15.6 Å². The summed E-state index contributed by atoms with van der Waals surface area (Å²) in [4.78, 5) is 23.3. The number of hydrogen-bond acceptors (Lipinski definition) is 4. The topological polar surface area (TPSA) is 89.6 Å². The first kappa shape index (κ1) is 17.7. The van der Waals surface area contributed by atoms with E-state index in [-0.39, 0.29) is 6.42 Å². The number of carboxylic acid groups (broad SMARTS) is 1. The van der Waals surface area contributed by atoms with Crippen LogP contribution in [-0.2, 0) is 20.7 Å². The molecule has 116 valence electrons. The van der Waals surface area contributed by atoms with Crippen LogP contribution in [0.1, 0.15) is 26.3 Å². The highest BCUT2D eigenvalue weighted by Crippen LogP contribution is 2.19. The fourth-order valence-corrected chi connectivity index (χ4v) is 2.05. The van der Waals surface area contributed by atoms with Gasteiger partial charge >= 0.3 is 11.9 Å². The van der Waals surface area contributed by atoms with Crippen LogP contribution < -0.4 is 5.73 Å². The van der Waals surface area contributed by atoms with Crippen molar-refractivity contribution in [2.45, 2.75) is 38.8 Å². The molecule has 1 rings (SSSR count). The molecule has 2 atom stereocenters. The number of rotatable bonds is 5. The second-order valence-electron chi connectivity index (χ2n) is 5.83. The maximum Gasteiger partial charge on any atom is 0.321 e. The number of halogens is 1. The molecule has 0 saturated carbocycles. The monoisotopic (exact) mass is 357 g/mol. The first-order valence-corrected chi connectivity index (χ1v) is 7.35. The van der Waals surface area contributed by atoms with Crippen molar-refractivity contribution in [3.63, 3.8) is 0 Å². The van der Waals surface area contributed by atoms with Gasteiger partial charge in [-0.3, -0.25) is 9.59 Å². The molecule has 3 N–H and O–H groups in total. The highest BCUT2D eigenvalue weighted by molar-refractivity contribution is 9.10. The lowest BCUT2D eigenvalue weighted by atomic mass is 9.92. The number of benzene rings is 1. The van der Waals surface area contributed by atoms with E-state index < -0.39 is 29.5 Å². The number of ether oxygens (including phenoxy) is 1. The van der Waals surface area contributed by atoms with Gasteiger partial charge in [-0.05, 0) is 44.9 Å². The Labute approximate surface area is 132 Å². The van der Waals surface area contributed by atoms with Crippen molar-refractivity contribution >= 4 is 27.9 Å². The maximum atomic E-state index is 12.2. The number of carboxylic acids is 1. The van der Waals surface area contributed by atoms with Crippen molar-refractivity contribution in [3.8, 4) is 0 Å². The Morgan fingerprint density at radius 3 is 2.24 bits per heavy atom. The second-order valence-corrected chi connectivity index (χ2v) is 6.75. The zero-order valence-electron chi connectivity index (χ0n) is 12.3. The summed E-state index contributed by atoms with van der Waals surface area (Å²) in [5, 5.41) is 9.08. The summed E-state index contributed by atoms with van der Waals surface area (Å²) < 4.78 is 6.18. The molecule has 6 heteroatoms. The standard InChI is InChI=1S/C15H20BrNO4/c1-15(2,3)21-14(20)11(12(17)13(18)19)8-9-4-6-10(16)7-5-9/h4-7,11-12H,8,17H2,1-3H3,(H,18,19)/t11?,12-/m1/s1. The van der Waals surface area contributed by atoms with Crippen LogP contribution in [-0.4, -0.2) is 28.7 Å². The Hall–Kier alpha value is -1.40. The van der Waals surface area contributed by atoms with Crippen molar-refractivity contribution in [2.75, 3.05) is 0 Å². The Morgan fingerprint density at radius 2 is 1.81 bits per heavy atom. The van der Waals surface area contributed by atoms with Crippen LogP contribution in [0.25, 0.3) is 0 Å². The van der Waals surface area contributed by atoms with E-state index in [1.165, 1.54) is 0 Å². The van der Waals surface area contributed by atoms with Gasteiger partial charge in [0.2, 0.25) is 0 Å². The van der Waals surface area contributed by atoms with Crippen molar-refractivity contribution in [1.29, 1.82) is 0 Å². The highest BCUT2D eigenvalue weighted by atomic mass is 79.9. The Balaban J connectivity index is 2.94. The van der Waals surface area contributed by atoms with Crippen molar-refractivity contribution < 1.29 is 19.4 Å². The third kappa shape index (κ3) is 5.85. The van der Waals surface area contributed by atoms with Crippen molar-refractivity contribution in [1.82, 2.24) is 0 Å². The molecule has 1 aromatic carbocycles.